The molecule has 0 radical (unpaired) electrons. The van der Waals surface area contributed by atoms with Crippen LogP contribution in [-0.2, 0) is 18.3 Å². The Hall–Kier alpha value is -3.20. The van der Waals surface area contributed by atoms with Crippen LogP contribution in [0.1, 0.15) is 41.6 Å². The van der Waals surface area contributed by atoms with Gasteiger partial charge in [-0.1, -0.05) is 49.0 Å². The molecule has 0 spiro atoms. The van der Waals surface area contributed by atoms with E-state index in [1.54, 1.807) is 24.6 Å². The predicted octanol–water partition coefficient (Wildman–Crippen LogP) is 3.74. The predicted molar refractivity (Wildman–Crippen MR) is 118 cm³/mol. The number of amides is 2. The second-order valence-corrected chi connectivity index (χ2v) is 7.86. The van der Waals surface area contributed by atoms with Crippen molar-refractivity contribution < 1.29 is 14.0 Å². The quantitative estimate of drug-likeness (QED) is 0.520. The van der Waals surface area contributed by atoms with E-state index in [-0.39, 0.29) is 17.2 Å². The molecule has 1 unspecified atom stereocenters. The van der Waals surface area contributed by atoms with Crippen LogP contribution >= 0.6 is 11.8 Å². The average Bonchev–Trinajstić information content (AvgIpc) is 3.13. The lowest BCUT2D eigenvalue weighted by atomic mass is 10.1. The van der Waals surface area contributed by atoms with Crippen molar-refractivity contribution in [2.45, 2.75) is 31.5 Å². The summed E-state index contributed by atoms with van der Waals surface area (Å²) >= 11 is 1.25. The number of nitrogens with zero attached hydrogens (tertiary/aromatic N) is 3. The van der Waals surface area contributed by atoms with Crippen LogP contribution in [0, 0.1) is 5.82 Å². The SMILES string of the molecule is CCc1ccccc1NC(=O)CSc1nnc(C(C)NC(=O)c2ccccc2F)n1C. The number of para-hydroxylation sites is 1. The van der Waals surface area contributed by atoms with Gasteiger partial charge in [-0.2, -0.15) is 0 Å². The molecule has 3 rings (SSSR count). The topological polar surface area (TPSA) is 88.9 Å². The Bertz CT molecular complexity index is 1090. The van der Waals surface area contributed by atoms with Gasteiger partial charge in [-0.05, 0) is 37.1 Å². The van der Waals surface area contributed by atoms with Gasteiger partial charge in [0.15, 0.2) is 11.0 Å². The van der Waals surface area contributed by atoms with Gasteiger partial charge in [-0.15, -0.1) is 10.2 Å². The average molecular weight is 442 g/mol. The molecule has 1 heterocycles. The molecular formula is C22H24FN5O2S. The second kappa shape index (κ2) is 10.2. The third-order valence-corrected chi connectivity index (χ3v) is 5.75. The molecule has 1 atom stereocenters. The van der Waals surface area contributed by atoms with E-state index in [4.69, 9.17) is 0 Å². The molecule has 162 valence electrons. The number of carbonyl (C=O) groups excluding carboxylic acids is 2. The van der Waals surface area contributed by atoms with Crippen molar-refractivity contribution in [3.8, 4) is 0 Å². The van der Waals surface area contributed by atoms with Gasteiger partial charge in [0.1, 0.15) is 5.82 Å². The molecule has 2 aromatic carbocycles. The zero-order valence-electron chi connectivity index (χ0n) is 17.6. The molecule has 31 heavy (non-hydrogen) atoms. The third kappa shape index (κ3) is 5.49. The lowest BCUT2D eigenvalue weighted by Crippen LogP contribution is -2.29. The molecule has 0 aliphatic rings. The number of anilines is 1. The maximum absolute atomic E-state index is 13.8. The first-order chi connectivity index (χ1) is 14.9. The lowest BCUT2D eigenvalue weighted by molar-refractivity contribution is -0.113. The van der Waals surface area contributed by atoms with Crippen molar-refractivity contribution in [1.82, 2.24) is 20.1 Å². The number of aromatic nitrogens is 3. The normalized spacial score (nSPS) is 11.7. The largest absolute Gasteiger partial charge is 0.342 e. The number of hydrogen-bond acceptors (Lipinski definition) is 5. The fraction of sp³-hybridized carbons (Fsp3) is 0.273. The molecule has 0 aliphatic heterocycles. The highest BCUT2D eigenvalue weighted by molar-refractivity contribution is 7.99. The smallest absolute Gasteiger partial charge is 0.254 e. The number of halogens is 1. The Balaban J connectivity index is 1.60. The highest BCUT2D eigenvalue weighted by atomic mass is 32.2. The number of hydrogen-bond donors (Lipinski definition) is 2. The van der Waals surface area contributed by atoms with Crippen LogP contribution in [0.25, 0.3) is 0 Å². The number of rotatable bonds is 8. The Labute approximate surface area is 184 Å². The molecule has 0 saturated heterocycles. The lowest BCUT2D eigenvalue weighted by Gasteiger charge is -2.14. The minimum atomic E-state index is -0.586. The summed E-state index contributed by atoms with van der Waals surface area (Å²) in [5.41, 5.74) is 1.84. The van der Waals surface area contributed by atoms with Gasteiger partial charge in [0.05, 0.1) is 17.4 Å². The Morgan fingerprint density at radius 2 is 1.84 bits per heavy atom. The van der Waals surface area contributed by atoms with Crippen LogP contribution in [0.4, 0.5) is 10.1 Å². The molecule has 7 nitrogen and oxygen atoms in total. The van der Waals surface area contributed by atoms with Crippen molar-refractivity contribution in [3.63, 3.8) is 0 Å². The van der Waals surface area contributed by atoms with E-state index in [2.05, 4.69) is 20.8 Å². The van der Waals surface area contributed by atoms with E-state index < -0.39 is 17.8 Å². The van der Waals surface area contributed by atoms with Gasteiger partial charge in [0, 0.05) is 12.7 Å². The number of nitrogens with one attached hydrogen (secondary N) is 2. The maximum atomic E-state index is 13.8. The molecule has 2 amide bonds. The molecule has 3 aromatic rings. The fourth-order valence-electron chi connectivity index (χ4n) is 3.08. The highest BCUT2D eigenvalue weighted by Crippen LogP contribution is 2.21. The number of aryl methyl sites for hydroxylation is 1. The summed E-state index contributed by atoms with van der Waals surface area (Å²) in [5, 5.41) is 14.4. The Morgan fingerprint density at radius 1 is 1.13 bits per heavy atom. The van der Waals surface area contributed by atoms with Crippen molar-refractivity contribution in [2.24, 2.45) is 7.05 Å². The molecule has 0 fully saturated rings. The number of carbonyl (C=O) groups is 2. The number of benzene rings is 2. The van der Waals surface area contributed by atoms with E-state index in [1.807, 2.05) is 31.2 Å². The van der Waals surface area contributed by atoms with Crippen LogP contribution in [0.2, 0.25) is 0 Å². The summed E-state index contributed by atoms with van der Waals surface area (Å²) in [4.78, 5) is 24.7. The van der Waals surface area contributed by atoms with E-state index in [1.165, 1.54) is 30.0 Å². The van der Waals surface area contributed by atoms with Crippen molar-refractivity contribution >= 4 is 29.3 Å². The van der Waals surface area contributed by atoms with Gasteiger partial charge in [-0.25, -0.2) is 4.39 Å². The third-order valence-electron chi connectivity index (χ3n) is 4.73. The summed E-state index contributed by atoms with van der Waals surface area (Å²) in [6.07, 6.45) is 0.826. The maximum Gasteiger partial charge on any atom is 0.254 e. The van der Waals surface area contributed by atoms with E-state index in [0.29, 0.717) is 11.0 Å². The summed E-state index contributed by atoms with van der Waals surface area (Å²) in [6.45, 7) is 3.78. The molecule has 2 N–H and O–H groups in total. The molecule has 9 heteroatoms. The first-order valence-electron chi connectivity index (χ1n) is 9.86. The van der Waals surface area contributed by atoms with E-state index in [9.17, 15) is 14.0 Å². The molecule has 0 saturated carbocycles. The van der Waals surface area contributed by atoms with Crippen LogP contribution in [0.15, 0.2) is 53.7 Å². The summed E-state index contributed by atoms with van der Waals surface area (Å²) < 4.78 is 15.5. The van der Waals surface area contributed by atoms with Crippen LogP contribution < -0.4 is 10.6 Å². The minimum absolute atomic E-state index is 0.0323. The van der Waals surface area contributed by atoms with Gasteiger partial charge < -0.3 is 15.2 Å². The van der Waals surface area contributed by atoms with Gasteiger partial charge in [0.25, 0.3) is 5.91 Å². The summed E-state index contributed by atoms with van der Waals surface area (Å²) in [5.74, 6) is -0.589. The Kier molecular flexibility index (Phi) is 7.41. The van der Waals surface area contributed by atoms with E-state index >= 15 is 0 Å². The van der Waals surface area contributed by atoms with Crippen LogP contribution in [-0.4, -0.2) is 32.3 Å². The standard InChI is InChI=1S/C22H24FN5O2S/c1-4-15-9-5-8-12-18(15)25-19(29)13-31-22-27-26-20(28(22)3)14(2)24-21(30)16-10-6-7-11-17(16)23/h5-12,14H,4,13H2,1-3H3,(H,24,30)(H,25,29). The summed E-state index contributed by atoms with van der Waals surface area (Å²) in [6, 6.07) is 13.0. The summed E-state index contributed by atoms with van der Waals surface area (Å²) in [7, 11) is 1.76. The van der Waals surface area contributed by atoms with Crippen molar-refractivity contribution in [1.29, 1.82) is 0 Å². The van der Waals surface area contributed by atoms with Gasteiger partial charge in [0.2, 0.25) is 5.91 Å². The molecule has 0 aliphatic carbocycles. The Morgan fingerprint density at radius 3 is 2.58 bits per heavy atom. The highest BCUT2D eigenvalue weighted by Gasteiger charge is 2.20. The van der Waals surface area contributed by atoms with Gasteiger partial charge in [-0.3, -0.25) is 9.59 Å². The molecule has 0 bridgehead atoms. The fourth-order valence-corrected chi connectivity index (χ4v) is 3.80. The first kappa shape index (κ1) is 22.5. The van der Waals surface area contributed by atoms with E-state index in [0.717, 1.165) is 17.7 Å². The van der Waals surface area contributed by atoms with Crippen LogP contribution in [0.5, 0.6) is 0 Å². The molecule has 1 aromatic heterocycles. The van der Waals surface area contributed by atoms with Crippen molar-refractivity contribution in [3.05, 3.63) is 71.3 Å². The van der Waals surface area contributed by atoms with Crippen molar-refractivity contribution in [2.75, 3.05) is 11.1 Å². The minimum Gasteiger partial charge on any atom is -0.342 e. The second-order valence-electron chi connectivity index (χ2n) is 6.92. The first-order valence-corrected chi connectivity index (χ1v) is 10.8. The number of thioether (sulfide) groups is 1. The zero-order chi connectivity index (χ0) is 22.4. The van der Waals surface area contributed by atoms with Crippen LogP contribution in [0.3, 0.4) is 0 Å². The van der Waals surface area contributed by atoms with Gasteiger partial charge >= 0.3 is 0 Å². The monoisotopic (exact) mass is 441 g/mol. The molecular weight excluding hydrogens is 417 g/mol. The zero-order valence-corrected chi connectivity index (χ0v) is 18.4.